The zero-order valence-electron chi connectivity index (χ0n) is 25.0. The lowest BCUT2D eigenvalue weighted by Crippen LogP contribution is -2.67. The molecule has 0 aromatic heterocycles. The summed E-state index contributed by atoms with van der Waals surface area (Å²) in [5.74, 6) is 1.66. The Bertz CT molecular complexity index is 1100. The highest BCUT2D eigenvalue weighted by atomic mass is 16.5. The van der Waals surface area contributed by atoms with E-state index in [1.54, 1.807) is 7.11 Å². The molecule has 2 aromatic rings. The number of aliphatic hydroxyl groups is 1. The normalized spacial score (nSPS) is 28.1. The summed E-state index contributed by atoms with van der Waals surface area (Å²) in [5, 5.41) is 15.1. The molecule has 5 nitrogen and oxygen atoms in total. The van der Waals surface area contributed by atoms with E-state index < -0.39 is 6.10 Å². The van der Waals surface area contributed by atoms with Gasteiger partial charge >= 0.3 is 0 Å². The Balaban J connectivity index is 1.45. The van der Waals surface area contributed by atoms with E-state index in [4.69, 9.17) is 4.74 Å². The third kappa shape index (κ3) is 7.36. The highest BCUT2D eigenvalue weighted by Crippen LogP contribution is 2.51. The van der Waals surface area contributed by atoms with Crippen molar-refractivity contribution in [1.29, 1.82) is 0 Å². The molecular formula is C35H51N2O3+. The van der Waals surface area contributed by atoms with Crippen LogP contribution >= 0.6 is 0 Å². The summed E-state index contributed by atoms with van der Waals surface area (Å²) in [5.41, 5.74) is 2.40. The molecule has 0 radical (unpaired) electrons. The summed E-state index contributed by atoms with van der Waals surface area (Å²) < 4.78 is 6.60. The molecule has 1 heterocycles. The van der Waals surface area contributed by atoms with Crippen LogP contribution in [0.4, 0.5) is 0 Å². The second-order valence-corrected chi connectivity index (χ2v) is 12.9. The average molecular weight is 548 g/mol. The molecule has 218 valence electrons. The van der Waals surface area contributed by atoms with Crippen LogP contribution in [0.15, 0.2) is 67.3 Å². The van der Waals surface area contributed by atoms with Gasteiger partial charge < -0.3 is 19.6 Å². The third-order valence-corrected chi connectivity index (χ3v) is 9.42. The number of aryl methyl sites for hydroxylation is 1. The Morgan fingerprint density at radius 1 is 1.18 bits per heavy atom. The molecule has 1 saturated heterocycles. The first-order valence-corrected chi connectivity index (χ1v) is 15.4. The molecule has 2 aromatic carbocycles. The molecule has 40 heavy (non-hydrogen) atoms. The Kier molecular flexibility index (Phi) is 10.5. The molecular weight excluding hydrogens is 496 g/mol. The number of hydrogen-bond acceptors (Lipinski definition) is 3. The van der Waals surface area contributed by atoms with E-state index in [0.29, 0.717) is 18.8 Å². The van der Waals surface area contributed by atoms with E-state index in [2.05, 4.69) is 74.3 Å². The van der Waals surface area contributed by atoms with Crippen molar-refractivity contribution in [3.63, 3.8) is 0 Å². The van der Waals surface area contributed by atoms with Crippen LogP contribution in [0.2, 0.25) is 0 Å². The Morgan fingerprint density at radius 3 is 2.70 bits per heavy atom. The van der Waals surface area contributed by atoms with Crippen LogP contribution in [0.3, 0.4) is 0 Å². The smallest absolute Gasteiger partial charge is 0.220 e. The van der Waals surface area contributed by atoms with E-state index in [-0.39, 0.29) is 23.3 Å². The number of carbonyl (C=O) groups excluding carboxylic acids is 1. The van der Waals surface area contributed by atoms with Gasteiger partial charge in [0.15, 0.2) is 0 Å². The third-order valence-electron chi connectivity index (χ3n) is 9.42. The molecule has 2 aliphatic rings. The summed E-state index contributed by atoms with van der Waals surface area (Å²) in [4.78, 5) is 13.0. The van der Waals surface area contributed by atoms with Gasteiger partial charge in [0.2, 0.25) is 5.91 Å². The molecule has 2 unspecified atom stereocenters. The largest absolute Gasteiger partial charge is 0.497 e. The van der Waals surface area contributed by atoms with E-state index in [9.17, 15) is 9.90 Å². The number of likely N-dealkylation sites (tertiary alicyclic amines) is 1. The second-order valence-electron chi connectivity index (χ2n) is 12.9. The molecule has 4 rings (SSSR count). The first kappa shape index (κ1) is 30.3. The molecule has 2 N–H and O–H groups in total. The molecule has 1 aliphatic carbocycles. The molecule has 1 aliphatic heterocycles. The molecule has 1 amide bonds. The first-order chi connectivity index (χ1) is 19.3. The number of quaternary nitrogens is 1. The van der Waals surface area contributed by atoms with Crippen LogP contribution in [-0.2, 0) is 16.6 Å². The van der Waals surface area contributed by atoms with Crippen molar-refractivity contribution in [2.75, 3.05) is 33.3 Å². The van der Waals surface area contributed by atoms with E-state index >= 15 is 0 Å². The van der Waals surface area contributed by atoms with Crippen molar-refractivity contribution in [1.82, 2.24) is 5.32 Å². The minimum atomic E-state index is -0.467. The lowest BCUT2D eigenvalue weighted by molar-refractivity contribution is -0.935. The van der Waals surface area contributed by atoms with Crippen LogP contribution in [0.25, 0.3) is 0 Å². The van der Waals surface area contributed by atoms with Gasteiger partial charge in [-0.25, -0.2) is 0 Å². The van der Waals surface area contributed by atoms with Gasteiger partial charge in [-0.05, 0) is 61.4 Å². The quantitative estimate of drug-likeness (QED) is 0.182. The van der Waals surface area contributed by atoms with E-state index in [1.165, 1.54) is 11.1 Å². The van der Waals surface area contributed by atoms with Crippen molar-refractivity contribution in [3.05, 3.63) is 78.4 Å². The number of unbranched alkanes of at least 4 members (excludes halogenated alkanes) is 2. The fourth-order valence-electron chi connectivity index (χ4n) is 7.74. The van der Waals surface area contributed by atoms with Crippen molar-refractivity contribution in [2.45, 2.75) is 82.8 Å². The number of aliphatic hydroxyl groups excluding tert-OH is 1. The monoisotopic (exact) mass is 547 g/mol. The molecule has 2 fully saturated rings. The average Bonchev–Trinajstić information content (AvgIpc) is 2.94. The maximum Gasteiger partial charge on any atom is 0.220 e. The number of hydrogen-bond donors (Lipinski definition) is 2. The topological polar surface area (TPSA) is 58.6 Å². The summed E-state index contributed by atoms with van der Waals surface area (Å²) in [6.07, 6.45) is 8.69. The lowest BCUT2D eigenvalue weighted by Gasteiger charge is -2.58. The van der Waals surface area contributed by atoms with Crippen molar-refractivity contribution >= 4 is 5.91 Å². The van der Waals surface area contributed by atoms with Gasteiger partial charge in [-0.15, -0.1) is 0 Å². The van der Waals surface area contributed by atoms with E-state index in [1.807, 2.05) is 12.1 Å². The van der Waals surface area contributed by atoms with Gasteiger partial charge in [0.05, 0.1) is 39.4 Å². The molecule has 0 bridgehead atoms. The fourth-order valence-corrected chi connectivity index (χ4v) is 7.74. The van der Waals surface area contributed by atoms with Crippen molar-refractivity contribution in [3.8, 4) is 5.75 Å². The number of methoxy groups -OCH3 is 1. The summed E-state index contributed by atoms with van der Waals surface area (Å²) in [7, 11) is 1.71. The van der Waals surface area contributed by atoms with Crippen LogP contribution < -0.4 is 10.1 Å². The number of benzene rings is 2. The number of piperidine rings is 1. The van der Waals surface area contributed by atoms with Gasteiger partial charge in [0.1, 0.15) is 5.75 Å². The molecule has 0 spiro atoms. The molecule has 5 atom stereocenters. The standard InChI is InChI=1S/C35H50N2O3/c1-5-20-37(25-27(2)3)21-19-35(29-16-12-17-31(22-29)40-4)24-30(23-33(38)32(35)26-37)36-34(39)18-11-7-10-15-28-13-8-6-9-14-28/h5-6,8-9,12-14,16-17,22,27,30,32-33,38H,1,7,10-11,15,18-21,23-26H2,2-4H3/p+1/t30-,32?,33?,35-,37+/m1/s1. The number of nitrogens with zero attached hydrogens (tertiary/aromatic N) is 1. The van der Waals surface area contributed by atoms with Gasteiger partial charge in [0, 0.05) is 36.1 Å². The Morgan fingerprint density at radius 2 is 1.98 bits per heavy atom. The molecule has 5 heteroatoms. The number of nitrogens with one attached hydrogen (secondary N) is 1. The van der Waals surface area contributed by atoms with Crippen LogP contribution in [0.5, 0.6) is 5.75 Å². The summed E-state index contributed by atoms with van der Waals surface area (Å²) >= 11 is 0. The van der Waals surface area contributed by atoms with Crippen LogP contribution in [0.1, 0.15) is 69.9 Å². The minimum absolute atomic E-state index is 0.0289. The summed E-state index contributed by atoms with van der Waals surface area (Å²) in [6, 6.07) is 18.9. The Labute approximate surface area is 242 Å². The zero-order valence-corrected chi connectivity index (χ0v) is 25.0. The Hall–Kier alpha value is -2.63. The van der Waals surface area contributed by atoms with Gasteiger partial charge in [-0.3, -0.25) is 4.79 Å². The zero-order chi connectivity index (χ0) is 28.6. The summed E-state index contributed by atoms with van der Waals surface area (Å²) in [6.45, 7) is 12.7. The molecule has 1 saturated carbocycles. The first-order valence-electron chi connectivity index (χ1n) is 15.4. The number of rotatable bonds is 13. The number of fused-ring (bicyclic) bond motifs is 1. The SMILES string of the molecule is C=CC[N@@+]1(CC(C)C)CC[C@]2(c3cccc(OC)c3)C[C@H](NC(=O)CCCCCc3ccccc3)CC(O)C2C1. The predicted octanol–water partition coefficient (Wildman–Crippen LogP) is 6.05. The van der Waals surface area contributed by atoms with Gasteiger partial charge in [-0.1, -0.05) is 69.3 Å². The number of ether oxygens (including phenoxy) is 1. The van der Waals surface area contributed by atoms with Crippen molar-refractivity contribution in [2.24, 2.45) is 11.8 Å². The maximum absolute atomic E-state index is 13.0. The lowest BCUT2D eigenvalue weighted by atomic mass is 9.56. The van der Waals surface area contributed by atoms with E-state index in [0.717, 1.165) is 74.9 Å². The van der Waals surface area contributed by atoms with Crippen molar-refractivity contribution < 1.29 is 19.1 Å². The highest BCUT2D eigenvalue weighted by molar-refractivity contribution is 5.76. The van der Waals surface area contributed by atoms with Crippen LogP contribution in [-0.4, -0.2) is 60.9 Å². The van der Waals surface area contributed by atoms with Gasteiger partial charge in [-0.2, -0.15) is 0 Å². The maximum atomic E-state index is 13.0. The number of carbonyl (C=O) groups is 1. The predicted molar refractivity (Wildman–Crippen MR) is 163 cm³/mol. The second kappa shape index (κ2) is 13.8. The fraction of sp³-hybridized carbons (Fsp3) is 0.571. The highest BCUT2D eigenvalue weighted by Gasteiger charge is 2.56. The minimum Gasteiger partial charge on any atom is -0.497 e. The van der Waals surface area contributed by atoms with Gasteiger partial charge in [0.25, 0.3) is 0 Å². The van der Waals surface area contributed by atoms with Crippen LogP contribution in [0, 0.1) is 11.8 Å². The number of amides is 1.